The molecule has 0 radical (unpaired) electrons. The van der Waals surface area contributed by atoms with Crippen LogP contribution in [0.3, 0.4) is 0 Å². The fourth-order valence-corrected chi connectivity index (χ4v) is 2.98. The third-order valence-corrected chi connectivity index (χ3v) is 4.75. The van der Waals surface area contributed by atoms with Crippen LogP contribution in [0.15, 0.2) is 54.6 Å². The summed E-state index contributed by atoms with van der Waals surface area (Å²) in [5.74, 6) is -0.453. The smallest absolute Gasteiger partial charge is 0.252 e. The van der Waals surface area contributed by atoms with Crippen LogP contribution in [0, 0.1) is 3.57 Å². The number of hydrogen-bond acceptors (Lipinski definition) is 3. The maximum absolute atomic E-state index is 12.0. The van der Waals surface area contributed by atoms with Crippen LogP contribution in [0.4, 0.5) is 0 Å². The molecule has 0 saturated carbocycles. The van der Waals surface area contributed by atoms with E-state index in [9.17, 15) is 9.59 Å². The summed E-state index contributed by atoms with van der Waals surface area (Å²) in [5, 5.41) is 5.42. The van der Waals surface area contributed by atoms with Crippen LogP contribution in [0.25, 0.3) is 0 Å². The topological polar surface area (TPSA) is 67.4 Å². The summed E-state index contributed by atoms with van der Waals surface area (Å²) in [5.41, 5.74) is 1.71. The molecule has 0 aromatic heterocycles. The molecule has 2 rings (SSSR count). The van der Waals surface area contributed by atoms with Crippen molar-refractivity contribution in [3.05, 3.63) is 69.3 Å². The summed E-state index contributed by atoms with van der Waals surface area (Å²) in [6.07, 6.45) is 0.743. The van der Waals surface area contributed by atoms with Crippen LogP contribution in [0.2, 0.25) is 0 Å². The van der Waals surface area contributed by atoms with Gasteiger partial charge in [0.15, 0.2) is 0 Å². The maximum atomic E-state index is 12.0. The molecule has 0 saturated heterocycles. The SMILES string of the molecule is CC(OCCCNC(=O)CNC(=O)c1ccccc1I)c1ccccc1. The lowest BCUT2D eigenvalue weighted by molar-refractivity contribution is -0.120. The second kappa shape index (κ2) is 10.9. The first-order valence-electron chi connectivity index (χ1n) is 8.54. The molecule has 5 nitrogen and oxygen atoms in total. The molecule has 2 N–H and O–H groups in total. The van der Waals surface area contributed by atoms with Crippen molar-refractivity contribution in [1.29, 1.82) is 0 Å². The molecule has 0 aliphatic heterocycles. The number of nitrogens with one attached hydrogen (secondary N) is 2. The Kier molecular flexibility index (Phi) is 8.57. The highest BCUT2D eigenvalue weighted by Gasteiger charge is 2.10. The molecule has 0 fully saturated rings. The van der Waals surface area contributed by atoms with Gasteiger partial charge in [0.2, 0.25) is 5.91 Å². The average molecular weight is 466 g/mol. The zero-order valence-electron chi connectivity index (χ0n) is 14.7. The predicted molar refractivity (Wildman–Crippen MR) is 110 cm³/mol. The lowest BCUT2D eigenvalue weighted by Crippen LogP contribution is -2.37. The predicted octanol–water partition coefficient (Wildman–Crippen LogP) is 3.31. The fourth-order valence-electron chi connectivity index (χ4n) is 2.34. The molecule has 2 aromatic rings. The third-order valence-electron chi connectivity index (χ3n) is 3.81. The zero-order chi connectivity index (χ0) is 18.8. The highest BCUT2D eigenvalue weighted by Crippen LogP contribution is 2.15. The van der Waals surface area contributed by atoms with E-state index in [-0.39, 0.29) is 24.5 Å². The van der Waals surface area contributed by atoms with Crippen LogP contribution >= 0.6 is 22.6 Å². The van der Waals surface area contributed by atoms with E-state index in [1.54, 1.807) is 12.1 Å². The quantitative estimate of drug-likeness (QED) is 0.440. The van der Waals surface area contributed by atoms with Gasteiger partial charge in [-0.05, 0) is 53.6 Å². The second-order valence-electron chi connectivity index (χ2n) is 5.79. The van der Waals surface area contributed by atoms with Crippen LogP contribution in [0.5, 0.6) is 0 Å². The first-order chi connectivity index (χ1) is 12.6. The largest absolute Gasteiger partial charge is 0.374 e. The molecule has 1 atom stereocenters. The maximum Gasteiger partial charge on any atom is 0.252 e. The summed E-state index contributed by atoms with van der Waals surface area (Å²) in [4.78, 5) is 23.9. The van der Waals surface area contributed by atoms with E-state index in [4.69, 9.17) is 4.74 Å². The van der Waals surface area contributed by atoms with Crippen molar-refractivity contribution in [2.75, 3.05) is 19.7 Å². The number of hydrogen-bond donors (Lipinski definition) is 2. The van der Waals surface area contributed by atoms with E-state index in [0.717, 1.165) is 9.13 Å². The number of amides is 2. The van der Waals surface area contributed by atoms with Crippen LogP contribution in [-0.4, -0.2) is 31.5 Å². The Morgan fingerprint density at radius 1 is 1.04 bits per heavy atom. The fraction of sp³-hybridized carbons (Fsp3) is 0.300. The Hall–Kier alpha value is -1.93. The minimum atomic E-state index is -0.245. The van der Waals surface area contributed by atoms with Crippen molar-refractivity contribution in [2.45, 2.75) is 19.4 Å². The van der Waals surface area contributed by atoms with Gasteiger partial charge in [-0.25, -0.2) is 0 Å². The molecule has 6 heteroatoms. The zero-order valence-corrected chi connectivity index (χ0v) is 16.9. The highest BCUT2D eigenvalue weighted by atomic mass is 127. The van der Waals surface area contributed by atoms with Crippen molar-refractivity contribution in [1.82, 2.24) is 10.6 Å². The van der Waals surface area contributed by atoms with E-state index >= 15 is 0 Å². The molecule has 0 aliphatic rings. The van der Waals surface area contributed by atoms with Gasteiger partial charge in [-0.15, -0.1) is 0 Å². The van der Waals surface area contributed by atoms with Gasteiger partial charge in [0.1, 0.15) is 0 Å². The number of carbonyl (C=O) groups is 2. The number of rotatable bonds is 9. The second-order valence-corrected chi connectivity index (χ2v) is 6.95. The minimum absolute atomic E-state index is 0.0273. The van der Waals surface area contributed by atoms with Gasteiger partial charge in [-0.2, -0.15) is 0 Å². The molecular formula is C20H23IN2O3. The summed E-state index contributed by atoms with van der Waals surface area (Å²) in [6.45, 7) is 3.05. The van der Waals surface area contributed by atoms with Crippen LogP contribution in [0.1, 0.15) is 35.4 Å². The van der Waals surface area contributed by atoms with Crippen molar-refractivity contribution >= 4 is 34.4 Å². The van der Waals surface area contributed by atoms with Gasteiger partial charge >= 0.3 is 0 Å². The van der Waals surface area contributed by atoms with Gasteiger partial charge in [-0.1, -0.05) is 42.5 Å². The normalized spacial score (nSPS) is 11.6. The van der Waals surface area contributed by atoms with Gasteiger partial charge in [0.05, 0.1) is 18.2 Å². The molecule has 0 spiro atoms. The lowest BCUT2D eigenvalue weighted by Gasteiger charge is -2.13. The molecule has 0 bridgehead atoms. The van der Waals surface area contributed by atoms with Crippen molar-refractivity contribution in [3.63, 3.8) is 0 Å². The molecule has 2 aromatic carbocycles. The molecule has 0 aliphatic carbocycles. The average Bonchev–Trinajstić information content (AvgIpc) is 2.66. The summed E-state index contributed by atoms with van der Waals surface area (Å²) in [7, 11) is 0. The van der Waals surface area contributed by atoms with E-state index in [1.165, 1.54) is 0 Å². The first kappa shape index (κ1) is 20.4. The molecular weight excluding hydrogens is 443 g/mol. The Balaban J connectivity index is 1.59. The Bertz CT molecular complexity index is 722. The number of ether oxygens (including phenoxy) is 1. The van der Waals surface area contributed by atoms with Crippen molar-refractivity contribution < 1.29 is 14.3 Å². The van der Waals surface area contributed by atoms with Crippen LogP contribution in [-0.2, 0) is 9.53 Å². The lowest BCUT2D eigenvalue weighted by atomic mass is 10.1. The van der Waals surface area contributed by atoms with Crippen molar-refractivity contribution in [3.8, 4) is 0 Å². The van der Waals surface area contributed by atoms with Gasteiger partial charge in [0, 0.05) is 16.7 Å². The number of carbonyl (C=O) groups excluding carboxylic acids is 2. The summed E-state index contributed by atoms with van der Waals surface area (Å²) >= 11 is 2.10. The molecule has 0 heterocycles. The Morgan fingerprint density at radius 2 is 1.73 bits per heavy atom. The van der Waals surface area contributed by atoms with E-state index in [2.05, 4.69) is 33.2 Å². The van der Waals surface area contributed by atoms with Gasteiger partial charge in [-0.3, -0.25) is 9.59 Å². The van der Waals surface area contributed by atoms with Gasteiger partial charge in [0.25, 0.3) is 5.91 Å². The number of benzene rings is 2. The molecule has 26 heavy (non-hydrogen) atoms. The first-order valence-corrected chi connectivity index (χ1v) is 9.62. The van der Waals surface area contributed by atoms with E-state index in [1.807, 2.05) is 49.4 Å². The Morgan fingerprint density at radius 3 is 2.46 bits per heavy atom. The van der Waals surface area contributed by atoms with E-state index in [0.29, 0.717) is 25.1 Å². The monoisotopic (exact) mass is 466 g/mol. The number of halogens is 1. The molecule has 138 valence electrons. The molecule has 1 unspecified atom stereocenters. The third kappa shape index (κ3) is 6.76. The van der Waals surface area contributed by atoms with Crippen LogP contribution < -0.4 is 10.6 Å². The van der Waals surface area contributed by atoms with Crippen molar-refractivity contribution in [2.24, 2.45) is 0 Å². The summed E-state index contributed by atoms with van der Waals surface area (Å²) < 4.78 is 6.61. The molecule has 2 amide bonds. The minimum Gasteiger partial charge on any atom is -0.374 e. The standard InChI is InChI=1S/C20H23IN2O3/c1-15(16-8-3-2-4-9-16)26-13-7-12-22-19(24)14-23-20(25)17-10-5-6-11-18(17)21/h2-6,8-11,15H,7,12-14H2,1H3,(H,22,24)(H,23,25). The Labute approximate surface area is 167 Å². The summed E-state index contributed by atoms with van der Waals surface area (Å²) in [6, 6.07) is 17.3. The van der Waals surface area contributed by atoms with E-state index < -0.39 is 0 Å². The highest BCUT2D eigenvalue weighted by molar-refractivity contribution is 14.1. The van der Waals surface area contributed by atoms with Gasteiger partial charge < -0.3 is 15.4 Å².